The molecule has 0 saturated carbocycles. The van der Waals surface area contributed by atoms with E-state index >= 15 is 0 Å². The fourth-order valence-electron chi connectivity index (χ4n) is 3.41. The number of hydrogen-bond donors (Lipinski definition) is 2. The smallest absolute Gasteiger partial charge is 0.259 e. The van der Waals surface area contributed by atoms with Crippen LogP contribution in [0, 0.1) is 0 Å². The highest BCUT2D eigenvalue weighted by Crippen LogP contribution is 2.34. The summed E-state index contributed by atoms with van der Waals surface area (Å²) in [4.78, 5) is 21.0. The van der Waals surface area contributed by atoms with Crippen molar-refractivity contribution in [1.82, 2.24) is 19.7 Å². The van der Waals surface area contributed by atoms with Crippen LogP contribution in [-0.2, 0) is 0 Å². The molecule has 0 bridgehead atoms. The lowest BCUT2D eigenvalue weighted by Gasteiger charge is -2.24. The maximum Gasteiger partial charge on any atom is 0.259 e. The Hall–Kier alpha value is -3.68. The molecule has 2 aromatic heterocycles. The van der Waals surface area contributed by atoms with Crippen molar-refractivity contribution in [2.45, 2.75) is 6.04 Å². The molecule has 0 unspecified atom stereocenters. The van der Waals surface area contributed by atoms with Crippen LogP contribution in [0.5, 0.6) is 0 Å². The van der Waals surface area contributed by atoms with Gasteiger partial charge in [0.2, 0.25) is 5.95 Å². The minimum Gasteiger partial charge on any atom is -0.324 e. The van der Waals surface area contributed by atoms with E-state index in [0.717, 1.165) is 16.8 Å². The number of pyridine rings is 1. The maximum atomic E-state index is 12.5. The summed E-state index contributed by atoms with van der Waals surface area (Å²) in [5.41, 5.74) is 3.19. The molecule has 2 aromatic carbocycles. The summed E-state index contributed by atoms with van der Waals surface area (Å²) in [6, 6.07) is 18.2. The van der Waals surface area contributed by atoms with Crippen LogP contribution in [-0.4, -0.2) is 25.7 Å². The number of nitrogens with zero attached hydrogens (tertiary/aromatic N) is 4. The first kappa shape index (κ1) is 20.2. The summed E-state index contributed by atoms with van der Waals surface area (Å²) in [7, 11) is 0. The molecule has 1 atom stereocenters. The van der Waals surface area contributed by atoms with Gasteiger partial charge in [-0.15, -0.1) is 5.10 Å². The van der Waals surface area contributed by atoms with Crippen LogP contribution in [0.1, 0.15) is 27.5 Å². The molecule has 5 rings (SSSR count). The first-order valence-electron chi connectivity index (χ1n) is 9.75. The second-order valence-electron chi connectivity index (χ2n) is 7.11. The predicted octanol–water partition coefficient (Wildman–Crippen LogP) is 5.29. The number of carbonyl (C=O) groups excluding carboxylic acids is 1. The highest BCUT2D eigenvalue weighted by Gasteiger charge is 2.26. The lowest BCUT2D eigenvalue weighted by atomic mass is 10.0. The van der Waals surface area contributed by atoms with Gasteiger partial charge in [-0.05, 0) is 53.6 Å². The maximum absolute atomic E-state index is 12.5. The van der Waals surface area contributed by atoms with Gasteiger partial charge in [0, 0.05) is 28.1 Å². The number of aromatic nitrogens is 4. The van der Waals surface area contributed by atoms with Crippen molar-refractivity contribution in [2.75, 3.05) is 10.6 Å². The van der Waals surface area contributed by atoms with Gasteiger partial charge in [-0.2, -0.15) is 4.98 Å². The highest BCUT2D eigenvalue weighted by atomic mass is 35.5. The molecule has 9 heteroatoms. The molecule has 4 aromatic rings. The zero-order valence-electron chi connectivity index (χ0n) is 16.5. The average Bonchev–Trinajstić information content (AvgIpc) is 3.22. The van der Waals surface area contributed by atoms with Crippen molar-refractivity contribution in [3.63, 3.8) is 0 Å². The summed E-state index contributed by atoms with van der Waals surface area (Å²) >= 11 is 12.1. The molecular weight excluding hydrogens is 447 g/mol. The number of hydrogen-bond acceptors (Lipinski definition) is 5. The average molecular weight is 463 g/mol. The number of anilines is 2. The molecule has 3 heterocycles. The van der Waals surface area contributed by atoms with Gasteiger partial charge >= 0.3 is 0 Å². The van der Waals surface area contributed by atoms with E-state index in [1.54, 1.807) is 23.0 Å². The monoisotopic (exact) mass is 462 g/mol. The summed E-state index contributed by atoms with van der Waals surface area (Å²) in [6.45, 7) is 0. The van der Waals surface area contributed by atoms with Crippen LogP contribution in [0.25, 0.3) is 5.70 Å². The quantitative estimate of drug-likeness (QED) is 0.430. The predicted molar refractivity (Wildman–Crippen MR) is 125 cm³/mol. The normalized spacial score (nSPS) is 14.8. The lowest BCUT2D eigenvalue weighted by Crippen LogP contribution is -2.20. The molecule has 0 saturated heterocycles. The number of rotatable bonds is 4. The van der Waals surface area contributed by atoms with Crippen molar-refractivity contribution in [1.29, 1.82) is 0 Å². The standard InChI is InChI=1S/C23H16Cl2N6O/c24-17-7-3-14(4-8-17)19-12-20(15-5-9-18(25)10-6-15)31-23(27-19)29-22(30-31)28-21(32)16-2-1-11-26-13-16/h1-13,20H,(H2,27,28,29,30,32)/t20-/m0/s1. The second kappa shape index (κ2) is 8.45. The van der Waals surface area contributed by atoms with E-state index in [9.17, 15) is 4.79 Å². The first-order chi connectivity index (χ1) is 15.6. The molecule has 1 aliphatic heterocycles. The highest BCUT2D eigenvalue weighted by molar-refractivity contribution is 6.30. The fraction of sp³-hybridized carbons (Fsp3) is 0.0435. The minimum absolute atomic E-state index is 0.186. The number of fused-ring (bicyclic) bond motifs is 1. The van der Waals surface area contributed by atoms with Gasteiger partial charge in [0.15, 0.2) is 0 Å². The zero-order chi connectivity index (χ0) is 22.1. The van der Waals surface area contributed by atoms with Crippen molar-refractivity contribution in [3.05, 3.63) is 106 Å². The summed E-state index contributed by atoms with van der Waals surface area (Å²) in [5.74, 6) is 0.347. The van der Waals surface area contributed by atoms with Gasteiger partial charge in [0.05, 0.1) is 5.56 Å². The molecule has 2 N–H and O–H groups in total. The number of allylic oxidation sites excluding steroid dienone is 1. The van der Waals surface area contributed by atoms with E-state index in [1.807, 2.05) is 54.6 Å². The van der Waals surface area contributed by atoms with E-state index in [2.05, 4.69) is 25.7 Å². The lowest BCUT2D eigenvalue weighted by molar-refractivity contribution is 0.102. The largest absolute Gasteiger partial charge is 0.324 e. The number of amides is 1. The third-order valence-electron chi connectivity index (χ3n) is 4.98. The van der Waals surface area contributed by atoms with E-state index in [-0.39, 0.29) is 17.9 Å². The van der Waals surface area contributed by atoms with E-state index in [0.29, 0.717) is 21.6 Å². The van der Waals surface area contributed by atoms with Gasteiger partial charge in [-0.1, -0.05) is 47.5 Å². The van der Waals surface area contributed by atoms with Crippen LogP contribution in [0.4, 0.5) is 11.9 Å². The molecule has 1 amide bonds. The Morgan fingerprint density at radius 3 is 2.41 bits per heavy atom. The molecule has 0 spiro atoms. The van der Waals surface area contributed by atoms with Crippen molar-refractivity contribution in [2.24, 2.45) is 0 Å². The van der Waals surface area contributed by atoms with Gasteiger partial charge in [-0.25, -0.2) is 4.68 Å². The third-order valence-corrected chi connectivity index (χ3v) is 5.49. The topological polar surface area (TPSA) is 84.7 Å². The second-order valence-corrected chi connectivity index (χ2v) is 7.98. The Morgan fingerprint density at radius 1 is 1.00 bits per heavy atom. The van der Waals surface area contributed by atoms with Gasteiger partial charge < -0.3 is 5.32 Å². The molecular formula is C23H16Cl2N6O. The molecule has 0 aliphatic carbocycles. The van der Waals surface area contributed by atoms with Gasteiger partial charge in [0.1, 0.15) is 6.04 Å². The summed E-state index contributed by atoms with van der Waals surface area (Å²) in [6.07, 6.45) is 5.14. The zero-order valence-corrected chi connectivity index (χ0v) is 18.0. The molecule has 158 valence electrons. The SMILES string of the molecule is O=C(Nc1nc2n(n1)[C@H](c1ccc(Cl)cc1)C=C(c1ccc(Cl)cc1)N2)c1cccnc1. The Balaban J connectivity index is 1.51. The van der Waals surface area contributed by atoms with E-state index in [4.69, 9.17) is 23.2 Å². The fourth-order valence-corrected chi connectivity index (χ4v) is 3.66. The van der Waals surface area contributed by atoms with E-state index in [1.165, 1.54) is 6.20 Å². The van der Waals surface area contributed by atoms with Crippen LogP contribution in [0.15, 0.2) is 79.1 Å². The first-order valence-corrected chi connectivity index (χ1v) is 10.5. The Kier molecular flexibility index (Phi) is 5.34. The number of benzene rings is 2. The van der Waals surface area contributed by atoms with Crippen LogP contribution >= 0.6 is 23.2 Å². The van der Waals surface area contributed by atoms with Crippen molar-refractivity contribution < 1.29 is 4.79 Å². The summed E-state index contributed by atoms with van der Waals surface area (Å²) < 4.78 is 1.72. The third kappa shape index (κ3) is 4.08. The molecule has 7 nitrogen and oxygen atoms in total. The van der Waals surface area contributed by atoms with Crippen LogP contribution in [0.2, 0.25) is 10.0 Å². The summed E-state index contributed by atoms with van der Waals surface area (Å²) in [5, 5.41) is 11.9. The molecule has 32 heavy (non-hydrogen) atoms. The van der Waals surface area contributed by atoms with E-state index < -0.39 is 0 Å². The minimum atomic E-state index is -0.338. The number of nitrogens with one attached hydrogen (secondary N) is 2. The Morgan fingerprint density at radius 2 is 1.72 bits per heavy atom. The van der Waals surface area contributed by atoms with Gasteiger partial charge in [-0.3, -0.25) is 15.1 Å². The Labute approximate surface area is 193 Å². The van der Waals surface area contributed by atoms with Crippen molar-refractivity contribution >= 4 is 46.7 Å². The Bertz CT molecular complexity index is 1300. The molecule has 0 radical (unpaired) electrons. The number of halogens is 2. The van der Waals surface area contributed by atoms with Crippen LogP contribution < -0.4 is 10.6 Å². The van der Waals surface area contributed by atoms with Gasteiger partial charge in [0.25, 0.3) is 11.9 Å². The number of carbonyl (C=O) groups is 1. The molecule has 1 aliphatic rings. The van der Waals surface area contributed by atoms with Crippen molar-refractivity contribution in [3.8, 4) is 0 Å². The van der Waals surface area contributed by atoms with Crippen LogP contribution in [0.3, 0.4) is 0 Å². The molecule has 0 fully saturated rings.